The number of hydrogen-bond donors (Lipinski definition) is 1. The van der Waals surface area contributed by atoms with Crippen LogP contribution in [0, 0.1) is 0 Å². The number of nitrogens with zero attached hydrogens (tertiary/aromatic N) is 1. The maximum absolute atomic E-state index is 3.63. The van der Waals surface area contributed by atoms with E-state index >= 15 is 0 Å². The molecular weight excluding hydrogens is 252 g/mol. The molecular formula is C16H22N2S. The molecule has 0 unspecified atom stereocenters. The Hall–Kier alpha value is -0.930. The highest BCUT2D eigenvalue weighted by atomic mass is 32.2. The molecule has 0 bridgehead atoms. The number of aryl methyl sites for hydroxylation is 1. The van der Waals surface area contributed by atoms with Gasteiger partial charge in [0.15, 0.2) is 0 Å². The number of para-hydroxylation sites is 1. The molecule has 0 saturated heterocycles. The zero-order chi connectivity index (χ0) is 13.1. The first kappa shape index (κ1) is 13.1. The van der Waals surface area contributed by atoms with Crippen molar-refractivity contribution in [3.8, 4) is 0 Å². The van der Waals surface area contributed by atoms with Crippen molar-refractivity contribution in [1.29, 1.82) is 0 Å². The van der Waals surface area contributed by atoms with Crippen LogP contribution in [0.15, 0.2) is 30.5 Å². The standard InChI is InChI=1S/C16H22N2S/c1-2-19-11-10-18-9-8-13-4-3-5-14(16(13)18)12-17-15-6-7-15/h3-5,8-9,15,17H,2,6-7,10-12H2,1H3. The smallest absolute Gasteiger partial charge is 0.0526 e. The van der Waals surface area contributed by atoms with E-state index < -0.39 is 0 Å². The fourth-order valence-corrected chi connectivity index (χ4v) is 3.13. The topological polar surface area (TPSA) is 17.0 Å². The second kappa shape index (κ2) is 6.02. The fraction of sp³-hybridized carbons (Fsp3) is 0.500. The van der Waals surface area contributed by atoms with Crippen LogP contribution in [0.25, 0.3) is 10.9 Å². The fourth-order valence-electron chi connectivity index (χ4n) is 2.52. The van der Waals surface area contributed by atoms with Crippen LogP contribution in [-0.4, -0.2) is 22.1 Å². The number of fused-ring (bicyclic) bond motifs is 1. The van der Waals surface area contributed by atoms with Crippen LogP contribution in [-0.2, 0) is 13.1 Å². The highest BCUT2D eigenvalue weighted by molar-refractivity contribution is 7.99. The minimum Gasteiger partial charge on any atom is -0.346 e. The minimum absolute atomic E-state index is 0.773. The van der Waals surface area contributed by atoms with Crippen LogP contribution in [0.4, 0.5) is 0 Å². The molecule has 1 aliphatic rings. The van der Waals surface area contributed by atoms with Gasteiger partial charge in [-0.25, -0.2) is 0 Å². The summed E-state index contributed by atoms with van der Waals surface area (Å²) in [6.07, 6.45) is 4.94. The van der Waals surface area contributed by atoms with Crippen LogP contribution in [0.1, 0.15) is 25.3 Å². The van der Waals surface area contributed by atoms with Gasteiger partial charge in [-0.05, 0) is 35.6 Å². The van der Waals surface area contributed by atoms with Gasteiger partial charge in [-0.1, -0.05) is 25.1 Å². The molecule has 1 aliphatic carbocycles. The summed E-state index contributed by atoms with van der Waals surface area (Å²) in [5.41, 5.74) is 2.86. The molecule has 3 rings (SSSR count). The second-order valence-electron chi connectivity index (χ2n) is 5.22. The largest absolute Gasteiger partial charge is 0.346 e. The third-order valence-electron chi connectivity index (χ3n) is 3.71. The van der Waals surface area contributed by atoms with Crippen LogP contribution < -0.4 is 5.32 Å². The van der Waals surface area contributed by atoms with Gasteiger partial charge in [-0.3, -0.25) is 0 Å². The number of benzene rings is 1. The molecule has 0 amide bonds. The molecule has 1 saturated carbocycles. The zero-order valence-corrected chi connectivity index (χ0v) is 12.4. The molecule has 19 heavy (non-hydrogen) atoms. The van der Waals surface area contributed by atoms with Crippen molar-refractivity contribution in [2.24, 2.45) is 0 Å². The molecule has 2 aromatic rings. The molecule has 0 spiro atoms. The first-order valence-electron chi connectivity index (χ1n) is 7.26. The third kappa shape index (κ3) is 3.15. The van der Waals surface area contributed by atoms with Gasteiger partial charge < -0.3 is 9.88 Å². The quantitative estimate of drug-likeness (QED) is 0.776. The number of hydrogen-bond acceptors (Lipinski definition) is 2. The lowest BCUT2D eigenvalue weighted by atomic mass is 10.1. The zero-order valence-electron chi connectivity index (χ0n) is 11.6. The molecule has 0 aliphatic heterocycles. The number of aromatic nitrogens is 1. The Balaban J connectivity index is 1.80. The van der Waals surface area contributed by atoms with Crippen molar-refractivity contribution in [3.63, 3.8) is 0 Å². The molecule has 1 N–H and O–H groups in total. The lowest BCUT2D eigenvalue weighted by Gasteiger charge is -2.10. The lowest BCUT2D eigenvalue weighted by molar-refractivity contribution is 0.686. The van der Waals surface area contributed by atoms with E-state index in [0.717, 1.165) is 19.1 Å². The van der Waals surface area contributed by atoms with Gasteiger partial charge in [0.1, 0.15) is 0 Å². The van der Waals surface area contributed by atoms with E-state index in [1.807, 2.05) is 11.8 Å². The van der Waals surface area contributed by atoms with Crippen molar-refractivity contribution >= 4 is 22.7 Å². The molecule has 1 heterocycles. The predicted octanol–water partition coefficient (Wildman–Crippen LogP) is 3.65. The summed E-state index contributed by atoms with van der Waals surface area (Å²) in [7, 11) is 0. The first-order valence-corrected chi connectivity index (χ1v) is 8.42. The first-order chi connectivity index (χ1) is 9.38. The summed E-state index contributed by atoms with van der Waals surface area (Å²) in [6, 6.07) is 9.68. The summed E-state index contributed by atoms with van der Waals surface area (Å²) in [6.45, 7) is 4.35. The van der Waals surface area contributed by atoms with E-state index in [1.54, 1.807) is 0 Å². The van der Waals surface area contributed by atoms with Crippen LogP contribution >= 0.6 is 11.8 Å². The lowest BCUT2D eigenvalue weighted by Crippen LogP contribution is -2.16. The van der Waals surface area contributed by atoms with Gasteiger partial charge in [-0.15, -0.1) is 0 Å². The Morgan fingerprint density at radius 2 is 2.21 bits per heavy atom. The van der Waals surface area contributed by atoms with Crippen molar-refractivity contribution in [2.75, 3.05) is 11.5 Å². The summed E-state index contributed by atoms with van der Waals surface area (Å²) in [5.74, 6) is 2.40. The summed E-state index contributed by atoms with van der Waals surface area (Å²) >= 11 is 2.01. The van der Waals surface area contributed by atoms with E-state index in [1.165, 1.54) is 40.8 Å². The molecule has 3 heteroatoms. The van der Waals surface area contributed by atoms with E-state index in [-0.39, 0.29) is 0 Å². The Morgan fingerprint density at radius 1 is 1.32 bits per heavy atom. The van der Waals surface area contributed by atoms with Gasteiger partial charge in [-0.2, -0.15) is 11.8 Å². The predicted molar refractivity (Wildman–Crippen MR) is 84.8 cm³/mol. The number of nitrogens with one attached hydrogen (secondary N) is 1. The SMILES string of the molecule is CCSCCn1ccc2cccc(CNC3CC3)c21. The van der Waals surface area contributed by atoms with E-state index in [0.29, 0.717) is 0 Å². The van der Waals surface area contributed by atoms with Gasteiger partial charge >= 0.3 is 0 Å². The van der Waals surface area contributed by atoms with Crippen molar-refractivity contribution in [1.82, 2.24) is 9.88 Å². The Morgan fingerprint density at radius 3 is 3.00 bits per heavy atom. The molecule has 1 aromatic heterocycles. The molecule has 0 atom stereocenters. The maximum Gasteiger partial charge on any atom is 0.0526 e. The Kier molecular flexibility index (Phi) is 4.14. The summed E-state index contributed by atoms with van der Waals surface area (Å²) in [4.78, 5) is 0. The maximum atomic E-state index is 3.63. The van der Waals surface area contributed by atoms with Gasteiger partial charge in [0.05, 0.1) is 5.52 Å². The van der Waals surface area contributed by atoms with Crippen molar-refractivity contribution in [2.45, 2.75) is 38.9 Å². The van der Waals surface area contributed by atoms with Gasteiger partial charge in [0.25, 0.3) is 0 Å². The Bertz CT molecular complexity index is 543. The average molecular weight is 274 g/mol. The molecule has 0 radical (unpaired) electrons. The van der Waals surface area contributed by atoms with Gasteiger partial charge in [0, 0.05) is 31.1 Å². The molecule has 2 nitrogen and oxygen atoms in total. The van der Waals surface area contributed by atoms with Crippen LogP contribution in [0.3, 0.4) is 0 Å². The third-order valence-corrected chi connectivity index (χ3v) is 4.59. The molecule has 1 fully saturated rings. The van der Waals surface area contributed by atoms with E-state index in [4.69, 9.17) is 0 Å². The minimum atomic E-state index is 0.773. The monoisotopic (exact) mass is 274 g/mol. The van der Waals surface area contributed by atoms with Crippen LogP contribution in [0.2, 0.25) is 0 Å². The molecule has 102 valence electrons. The van der Waals surface area contributed by atoms with E-state index in [2.05, 4.69) is 47.3 Å². The van der Waals surface area contributed by atoms with E-state index in [9.17, 15) is 0 Å². The highest BCUT2D eigenvalue weighted by Crippen LogP contribution is 2.23. The Labute approximate surface area is 119 Å². The number of rotatable bonds is 7. The average Bonchev–Trinajstić information content (AvgIpc) is 3.17. The second-order valence-corrected chi connectivity index (χ2v) is 6.61. The van der Waals surface area contributed by atoms with Crippen molar-refractivity contribution < 1.29 is 0 Å². The highest BCUT2D eigenvalue weighted by Gasteiger charge is 2.20. The molecule has 1 aromatic carbocycles. The summed E-state index contributed by atoms with van der Waals surface area (Å²) in [5, 5.41) is 5.00. The summed E-state index contributed by atoms with van der Waals surface area (Å²) < 4.78 is 2.42. The van der Waals surface area contributed by atoms with Crippen molar-refractivity contribution in [3.05, 3.63) is 36.0 Å². The van der Waals surface area contributed by atoms with Gasteiger partial charge in [0.2, 0.25) is 0 Å². The normalized spacial score (nSPS) is 15.2. The van der Waals surface area contributed by atoms with Crippen LogP contribution in [0.5, 0.6) is 0 Å². The number of thioether (sulfide) groups is 1.